The maximum absolute atomic E-state index is 10.5. The van der Waals surface area contributed by atoms with Gasteiger partial charge in [-0.25, -0.2) is 0 Å². The van der Waals surface area contributed by atoms with Crippen molar-refractivity contribution < 1.29 is 9.84 Å². The molecule has 0 aromatic rings. The Hall–Kier alpha value is -0.120. The maximum atomic E-state index is 10.5. The first-order valence-corrected chi connectivity index (χ1v) is 7.19. The van der Waals surface area contributed by atoms with E-state index < -0.39 is 5.60 Å². The molecule has 0 amide bonds. The van der Waals surface area contributed by atoms with Crippen molar-refractivity contribution in [2.75, 3.05) is 19.7 Å². The molecule has 2 N–H and O–H groups in total. The molecule has 2 fully saturated rings. The molecule has 17 heavy (non-hydrogen) atoms. The highest BCUT2D eigenvalue weighted by Gasteiger charge is 2.32. The van der Waals surface area contributed by atoms with Gasteiger partial charge in [0.15, 0.2) is 0 Å². The second-order valence-corrected chi connectivity index (χ2v) is 6.14. The van der Waals surface area contributed by atoms with Crippen molar-refractivity contribution in [3.8, 4) is 0 Å². The zero-order chi connectivity index (χ0) is 12.2. The molecule has 0 spiro atoms. The fraction of sp³-hybridized carbons (Fsp3) is 1.00. The third-order valence-corrected chi connectivity index (χ3v) is 4.29. The lowest BCUT2D eigenvalue weighted by Crippen LogP contribution is -2.45. The van der Waals surface area contributed by atoms with Gasteiger partial charge in [0, 0.05) is 19.7 Å². The summed E-state index contributed by atoms with van der Waals surface area (Å²) in [5.41, 5.74) is -0.466. The zero-order valence-corrected chi connectivity index (χ0v) is 11.1. The van der Waals surface area contributed by atoms with Crippen LogP contribution in [0.2, 0.25) is 0 Å². The van der Waals surface area contributed by atoms with Crippen LogP contribution < -0.4 is 5.32 Å². The Bertz CT molecular complexity index is 228. The Morgan fingerprint density at radius 3 is 2.29 bits per heavy atom. The molecule has 3 nitrogen and oxygen atoms in total. The van der Waals surface area contributed by atoms with Crippen molar-refractivity contribution in [2.24, 2.45) is 0 Å². The van der Waals surface area contributed by atoms with Crippen molar-refractivity contribution in [3.05, 3.63) is 0 Å². The van der Waals surface area contributed by atoms with Crippen LogP contribution in [0.1, 0.15) is 58.3 Å². The molecule has 2 rings (SSSR count). The zero-order valence-electron chi connectivity index (χ0n) is 11.1. The molecule has 0 aromatic carbocycles. The molecule has 1 saturated carbocycles. The lowest BCUT2D eigenvalue weighted by Gasteiger charge is -2.30. The summed E-state index contributed by atoms with van der Waals surface area (Å²) in [6, 6.07) is 0. The highest BCUT2D eigenvalue weighted by atomic mass is 16.5. The first-order valence-electron chi connectivity index (χ1n) is 7.19. The molecule has 2 aliphatic rings. The summed E-state index contributed by atoms with van der Waals surface area (Å²) < 4.78 is 5.74. The number of aliphatic hydroxyl groups is 1. The molecule has 1 saturated heterocycles. The number of rotatable bonds is 4. The van der Waals surface area contributed by atoms with Crippen molar-refractivity contribution >= 4 is 0 Å². The van der Waals surface area contributed by atoms with Crippen LogP contribution in [0.25, 0.3) is 0 Å². The van der Waals surface area contributed by atoms with Gasteiger partial charge in [-0.3, -0.25) is 0 Å². The molecule has 0 radical (unpaired) electrons. The van der Waals surface area contributed by atoms with Crippen molar-refractivity contribution in [1.82, 2.24) is 5.32 Å². The van der Waals surface area contributed by atoms with E-state index in [1.165, 1.54) is 32.1 Å². The summed E-state index contributed by atoms with van der Waals surface area (Å²) in [6.07, 6.45) is 9.13. The van der Waals surface area contributed by atoms with E-state index in [9.17, 15) is 5.11 Å². The summed E-state index contributed by atoms with van der Waals surface area (Å²) in [5.74, 6) is 0. The number of hydrogen-bond acceptors (Lipinski definition) is 3. The Morgan fingerprint density at radius 1 is 1.00 bits per heavy atom. The van der Waals surface area contributed by atoms with E-state index in [4.69, 9.17) is 4.74 Å². The molecule has 3 heteroatoms. The van der Waals surface area contributed by atoms with Crippen LogP contribution in [0.3, 0.4) is 0 Å². The van der Waals surface area contributed by atoms with Crippen molar-refractivity contribution in [3.63, 3.8) is 0 Å². The molecular formula is C14H27NO2. The number of hydrogen-bond donors (Lipinski definition) is 2. The lowest BCUT2D eigenvalue weighted by atomic mass is 9.94. The average Bonchev–Trinajstić information content (AvgIpc) is 2.59. The standard InChI is InChI=1S/C14H27NO2/c1-13(7-6-10-17-13)11-15-12-14(16)8-4-2-3-5-9-14/h15-16H,2-12H2,1H3. The Labute approximate surface area is 105 Å². The molecule has 0 aromatic heterocycles. The minimum atomic E-state index is -0.467. The van der Waals surface area contributed by atoms with Crippen LogP contribution >= 0.6 is 0 Å². The normalized spacial score (nSPS) is 33.5. The predicted molar refractivity (Wildman–Crippen MR) is 69.1 cm³/mol. The number of ether oxygens (including phenoxy) is 1. The van der Waals surface area contributed by atoms with Crippen LogP contribution in [0.5, 0.6) is 0 Å². The van der Waals surface area contributed by atoms with Gasteiger partial charge >= 0.3 is 0 Å². The lowest BCUT2D eigenvalue weighted by molar-refractivity contribution is 0.000260. The van der Waals surface area contributed by atoms with Crippen LogP contribution in [0.15, 0.2) is 0 Å². The quantitative estimate of drug-likeness (QED) is 0.742. The van der Waals surface area contributed by atoms with Gasteiger partial charge in [-0.15, -0.1) is 0 Å². The molecule has 1 unspecified atom stereocenters. The van der Waals surface area contributed by atoms with Crippen LogP contribution in [-0.2, 0) is 4.74 Å². The molecule has 0 bridgehead atoms. The average molecular weight is 241 g/mol. The summed E-state index contributed by atoms with van der Waals surface area (Å²) in [7, 11) is 0. The van der Waals surface area contributed by atoms with Gasteiger partial charge in [0.25, 0.3) is 0 Å². The predicted octanol–water partition coefficient (Wildman–Crippen LogP) is 2.23. The Morgan fingerprint density at radius 2 is 1.71 bits per heavy atom. The molecule has 1 heterocycles. The topological polar surface area (TPSA) is 41.5 Å². The van der Waals surface area contributed by atoms with Crippen LogP contribution in [0.4, 0.5) is 0 Å². The summed E-state index contributed by atoms with van der Waals surface area (Å²) >= 11 is 0. The first-order chi connectivity index (χ1) is 8.12. The van der Waals surface area contributed by atoms with E-state index in [0.717, 1.165) is 39.0 Å². The van der Waals surface area contributed by atoms with Gasteiger partial charge < -0.3 is 15.2 Å². The summed E-state index contributed by atoms with van der Waals surface area (Å²) in [5, 5.41) is 13.9. The van der Waals surface area contributed by atoms with Gasteiger partial charge in [-0.2, -0.15) is 0 Å². The first kappa shape index (κ1) is 13.3. The molecule has 1 aliphatic carbocycles. The maximum Gasteiger partial charge on any atom is 0.0779 e. The van der Waals surface area contributed by atoms with Crippen molar-refractivity contribution in [2.45, 2.75) is 69.5 Å². The Balaban J connectivity index is 1.72. The Kier molecular flexibility index (Phi) is 4.45. The minimum absolute atomic E-state index is 0.00108. The third kappa shape index (κ3) is 3.94. The van der Waals surface area contributed by atoms with Gasteiger partial charge in [0.05, 0.1) is 11.2 Å². The van der Waals surface area contributed by atoms with Crippen molar-refractivity contribution in [1.29, 1.82) is 0 Å². The summed E-state index contributed by atoms with van der Waals surface area (Å²) in [6.45, 7) is 4.66. The van der Waals surface area contributed by atoms with E-state index in [1.54, 1.807) is 0 Å². The van der Waals surface area contributed by atoms with Crippen LogP contribution in [0, 0.1) is 0 Å². The highest BCUT2D eigenvalue weighted by Crippen LogP contribution is 2.27. The largest absolute Gasteiger partial charge is 0.389 e. The van der Waals surface area contributed by atoms with E-state index in [0.29, 0.717) is 0 Å². The molecular weight excluding hydrogens is 214 g/mol. The highest BCUT2D eigenvalue weighted by molar-refractivity contribution is 4.87. The smallest absolute Gasteiger partial charge is 0.0779 e. The second kappa shape index (κ2) is 5.68. The van der Waals surface area contributed by atoms with Gasteiger partial charge in [-0.1, -0.05) is 25.7 Å². The molecule has 1 aliphatic heterocycles. The van der Waals surface area contributed by atoms with E-state index in [-0.39, 0.29) is 5.60 Å². The molecule has 100 valence electrons. The molecule has 1 atom stereocenters. The van der Waals surface area contributed by atoms with Crippen LogP contribution in [-0.4, -0.2) is 36.0 Å². The van der Waals surface area contributed by atoms with E-state index in [2.05, 4.69) is 12.2 Å². The van der Waals surface area contributed by atoms with Gasteiger partial charge in [-0.05, 0) is 32.6 Å². The van der Waals surface area contributed by atoms with Gasteiger partial charge in [0.1, 0.15) is 0 Å². The fourth-order valence-corrected chi connectivity index (χ4v) is 3.10. The number of nitrogens with one attached hydrogen (secondary N) is 1. The van der Waals surface area contributed by atoms with E-state index >= 15 is 0 Å². The monoisotopic (exact) mass is 241 g/mol. The van der Waals surface area contributed by atoms with E-state index in [1.807, 2.05) is 0 Å². The minimum Gasteiger partial charge on any atom is -0.389 e. The fourth-order valence-electron chi connectivity index (χ4n) is 3.10. The second-order valence-electron chi connectivity index (χ2n) is 6.14. The van der Waals surface area contributed by atoms with Gasteiger partial charge in [0.2, 0.25) is 0 Å². The summed E-state index contributed by atoms with van der Waals surface area (Å²) in [4.78, 5) is 0. The third-order valence-electron chi connectivity index (χ3n) is 4.29. The SMILES string of the molecule is CC1(CNCC2(O)CCCCCC2)CCCO1.